The minimum atomic E-state index is -3.38. The number of halogens is 1. The molecule has 1 heterocycles. The van der Waals surface area contributed by atoms with Crippen LogP contribution in [0.25, 0.3) is 0 Å². The molecule has 1 rings (SSSR count). The summed E-state index contributed by atoms with van der Waals surface area (Å²) in [6.45, 7) is 6.48. The number of nitrogens with zero attached hydrogens (tertiary/aromatic N) is 1. The number of alkyl halides is 1. The predicted molar refractivity (Wildman–Crippen MR) is 77.9 cm³/mol. The maximum Gasteiger partial charge on any atom is 0.243 e. The van der Waals surface area contributed by atoms with Gasteiger partial charge in [-0.05, 0) is 18.9 Å². The summed E-state index contributed by atoms with van der Waals surface area (Å²) >= 11 is 7.20. The van der Waals surface area contributed by atoms with Crippen molar-refractivity contribution in [1.82, 2.24) is 4.31 Å². The molecule has 0 amide bonds. The fourth-order valence-electron chi connectivity index (χ4n) is 1.68. The van der Waals surface area contributed by atoms with Gasteiger partial charge in [-0.2, -0.15) is 0 Å². The molecular weight excluding hydrogens is 290 g/mol. The van der Waals surface area contributed by atoms with E-state index in [1.54, 1.807) is 13.1 Å². The molecule has 0 radical (unpaired) electrons. The lowest BCUT2D eigenvalue weighted by Gasteiger charge is -2.20. The third-order valence-corrected chi connectivity index (χ3v) is 6.58. The van der Waals surface area contributed by atoms with Crippen LogP contribution in [0.4, 0.5) is 0 Å². The topological polar surface area (TPSA) is 37.4 Å². The van der Waals surface area contributed by atoms with Gasteiger partial charge >= 0.3 is 0 Å². The highest BCUT2D eigenvalue weighted by Gasteiger charge is 2.25. The Bertz CT molecular complexity index is 496. The Hall–Kier alpha value is -0.100. The Labute approximate surface area is 119 Å². The fourth-order valence-corrected chi connectivity index (χ4v) is 4.66. The van der Waals surface area contributed by atoms with E-state index < -0.39 is 10.0 Å². The maximum atomic E-state index is 12.4. The highest BCUT2D eigenvalue weighted by molar-refractivity contribution is 7.89. The van der Waals surface area contributed by atoms with E-state index in [-0.39, 0.29) is 0 Å². The monoisotopic (exact) mass is 309 g/mol. The number of thiophene rings is 1. The SMILES string of the molecule is CCC(C)CN(C)S(=O)(=O)c1cc(CCl)sc1C. The zero-order valence-corrected chi connectivity index (χ0v) is 13.6. The molecule has 0 aliphatic carbocycles. The van der Waals surface area contributed by atoms with Crippen molar-refractivity contribution in [3.05, 3.63) is 15.8 Å². The molecule has 1 aromatic rings. The lowest BCUT2D eigenvalue weighted by Crippen LogP contribution is -2.31. The van der Waals surface area contributed by atoms with Gasteiger partial charge in [0.05, 0.1) is 10.8 Å². The Morgan fingerprint density at radius 2 is 2.11 bits per heavy atom. The van der Waals surface area contributed by atoms with Crippen molar-refractivity contribution >= 4 is 33.0 Å². The maximum absolute atomic E-state index is 12.4. The summed E-state index contributed by atoms with van der Waals surface area (Å²) < 4.78 is 26.3. The molecule has 0 saturated carbocycles. The molecule has 1 atom stereocenters. The lowest BCUT2D eigenvalue weighted by molar-refractivity contribution is 0.393. The second kappa shape index (κ2) is 6.37. The van der Waals surface area contributed by atoms with Crippen LogP contribution in [0.1, 0.15) is 30.0 Å². The van der Waals surface area contributed by atoms with Gasteiger partial charge in [-0.25, -0.2) is 12.7 Å². The summed E-state index contributed by atoms with van der Waals surface area (Å²) in [4.78, 5) is 2.10. The molecule has 0 aliphatic heterocycles. The van der Waals surface area contributed by atoms with Gasteiger partial charge in [0, 0.05) is 23.3 Å². The number of aryl methyl sites for hydroxylation is 1. The molecule has 0 aliphatic rings. The van der Waals surface area contributed by atoms with Crippen LogP contribution in [-0.4, -0.2) is 26.3 Å². The van der Waals surface area contributed by atoms with E-state index in [0.717, 1.165) is 16.2 Å². The van der Waals surface area contributed by atoms with Crippen molar-refractivity contribution in [2.24, 2.45) is 5.92 Å². The summed E-state index contributed by atoms with van der Waals surface area (Å²) in [6, 6.07) is 1.69. The van der Waals surface area contributed by atoms with Gasteiger partial charge < -0.3 is 0 Å². The normalized spacial score (nSPS) is 14.1. The van der Waals surface area contributed by atoms with E-state index in [2.05, 4.69) is 13.8 Å². The van der Waals surface area contributed by atoms with Crippen LogP contribution in [0.2, 0.25) is 0 Å². The summed E-state index contributed by atoms with van der Waals surface area (Å²) in [7, 11) is -1.74. The predicted octanol–water partition coefficient (Wildman–Crippen LogP) is 3.46. The van der Waals surface area contributed by atoms with Crippen LogP contribution in [-0.2, 0) is 15.9 Å². The van der Waals surface area contributed by atoms with Gasteiger partial charge in [-0.15, -0.1) is 22.9 Å². The first-order chi connectivity index (χ1) is 8.32. The average Bonchev–Trinajstić information content (AvgIpc) is 2.70. The molecule has 0 spiro atoms. The molecular formula is C12H20ClNO2S2. The summed E-state index contributed by atoms with van der Waals surface area (Å²) in [5, 5.41) is 0. The van der Waals surface area contributed by atoms with Crippen LogP contribution >= 0.6 is 22.9 Å². The molecule has 18 heavy (non-hydrogen) atoms. The highest BCUT2D eigenvalue weighted by atomic mass is 35.5. The van der Waals surface area contributed by atoms with Gasteiger partial charge in [0.25, 0.3) is 0 Å². The first kappa shape index (κ1) is 16.0. The quantitative estimate of drug-likeness (QED) is 0.755. The molecule has 1 unspecified atom stereocenters. The number of rotatable bonds is 6. The smallest absolute Gasteiger partial charge is 0.207 e. The zero-order chi connectivity index (χ0) is 13.9. The minimum Gasteiger partial charge on any atom is -0.207 e. The number of hydrogen-bond acceptors (Lipinski definition) is 3. The standard InChI is InChI=1S/C12H20ClNO2S2/c1-5-9(2)8-14(4)18(15,16)12-6-11(7-13)17-10(12)3/h6,9H,5,7-8H2,1-4H3. The van der Waals surface area contributed by atoms with Crippen molar-refractivity contribution < 1.29 is 8.42 Å². The zero-order valence-electron chi connectivity index (χ0n) is 11.2. The third kappa shape index (κ3) is 3.47. The van der Waals surface area contributed by atoms with Crippen molar-refractivity contribution in [3.8, 4) is 0 Å². The summed E-state index contributed by atoms with van der Waals surface area (Å²) in [5.74, 6) is 0.715. The second-order valence-electron chi connectivity index (χ2n) is 4.57. The Morgan fingerprint density at radius 3 is 2.56 bits per heavy atom. The molecule has 104 valence electrons. The van der Waals surface area contributed by atoms with E-state index in [1.807, 2.05) is 6.92 Å². The largest absolute Gasteiger partial charge is 0.243 e. The van der Waals surface area contributed by atoms with E-state index in [0.29, 0.717) is 23.2 Å². The van der Waals surface area contributed by atoms with Gasteiger partial charge in [-0.1, -0.05) is 20.3 Å². The summed E-state index contributed by atoms with van der Waals surface area (Å²) in [6.07, 6.45) is 0.968. The molecule has 0 bridgehead atoms. The molecule has 1 aromatic heterocycles. The van der Waals surface area contributed by atoms with Crippen LogP contribution in [0.5, 0.6) is 0 Å². The van der Waals surface area contributed by atoms with Crippen LogP contribution in [0.3, 0.4) is 0 Å². The molecule has 0 aromatic carbocycles. The fraction of sp³-hybridized carbons (Fsp3) is 0.667. The van der Waals surface area contributed by atoms with Crippen LogP contribution in [0.15, 0.2) is 11.0 Å². The summed E-state index contributed by atoms with van der Waals surface area (Å²) in [5.41, 5.74) is 0. The first-order valence-corrected chi connectivity index (χ1v) is 8.73. The van der Waals surface area contributed by atoms with E-state index in [1.165, 1.54) is 15.6 Å². The minimum absolute atomic E-state index is 0.357. The molecule has 6 heteroatoms. The van der Waals surface area contributed by atoms with Gasteiger partial charge in [0.15, 0.2) is 0 Å². The highest BCUT2D eigenvalue weighted by Crippen LogP contribution is 2.29. The van der Waals surface area contributed by atoms with Crippen molar-refractivity contribution in [1.29, 1.82) is 0 Å². The Morgan fingerprint density at radius 1 is 1.50 bits per heavy atom. The van der Waals surface area contributed by atoms with E-state index in [9.17, 15) is 8.42 Å². The number of hydrogen-bond donors (Lipinski definition) is 0. The van der Waals surface area contributed by atoms with Crippen molar-refractivity contribution in [2.75, 3.05) is 13.6 Å². The second-order valence-corrected chi connectivity index (χ2v) is 8.19. The molecule has 0 saturated heterocycles. The average molecular weight is 310 g/mol. The van der Waals surface area contributed by atoms with E-state index in [4.69, 9.17) is 11.6 Å². The third-order valence-electron chi connectivity index (χ3n) is 3.01. The first-order valence-electron chi connectivity index (χ1n) is 5.94. The van der Waals surface area contributed by atoms with Gasteiger partial charge in [0.1, 0.15) is 0 Å². The van der Waals surface area contributed by atoms with Crippen molar-refractivity contribution in [3.63, 3.8) is 0 Å². The molecule has 3 nitrogen and oxygen atoms in total. The van der Waals surface area contributed by atoms with Gasteiger partial charge in [0.2, 0.25) is 10.0 Å². The lowest BCUT2D eigenvalue weighted by atomic mass is 10.1. The number of sulfonamides is 1. The Kier molecular flexibility index (Phi) is 5.65. The van der Waals surface area contributed by atoms with Crippen molar-refractivity contribution in [2.45, 2.75) is 38.0 Å². The van der Waals surface area contributed by atoms with Gasteiger partial charge in [-0.3, -0.25) is 0 Å². The molecule has 0 N–H and O–H groups in total. The van der Waals surface area contributed by atoms with E-state index >= 15 is 0 Å². The van der Waals surface area contributed by atoms with Crippen LogP contribution < -0.4 is 0 Å². The Balaban J connectivity index is 3.01. The molecule has 0 fully saturated rings. The van der Waals surface area contributed by atoms with Crippen LogP contribution in [0, 0.1) is 12.8 Å².